The molecule has 1 aliphatic heterocycles. The van der Waals surface area contributed by atoms with Gasteiger partial charge in [0.05, 0.1) is 36.5 Å². The van der Waals surface area contributed by atoms with Crippen LogP contribution in [-0.4, -0.2) is 37.0 Å². The average Bonchev–Trinajstić information content (AvgIpc) is 3.35. The lowest BCUT2D eigenvalue weighted by molar-refractivity contribution is 0.00619. The van der Waals surface area contributed by atoms with Crippen LogP contribution in [0.2, 0.25) is 0 Å². The fraction of sp³-hybridized carbons (Fsp3) is 0.333. The van der Waals surface area contributed by atoms with Gasteiger partial charge in [0.2, 0.25) is 0 Å². The van der Waals surface area contributed by atoms with Crippen molar-refractivity contribution in [1.82, 2.24) is 24.3 Å². The van der Waals surface area contributed by atoms with Gasteiger partial charge in [0.25, 0.3) is 0 Å². The Labute approximate surface area is 162 Å². The van der Waals surface area contributed by atoms with Gasteiger partial charge in [-0.2, -0.15) is 5.10 Å². The van der Waals surface area contributed by atoms with Crippen molar-refractivity contribution in [2.45, 2.75) is 38.5 Å². The van der Waals surface area contributed by atoms with Crippen LogP contribution in [0.3, 0.4) is 0 Å². The first-order chi connectivity index (χ1) is 13.7. The molecule has 28 heavy (non-hydrogen) atoms. The molecule has 0 radical (unpaired) electrons. The summed E-state index contributed by atoms with van der Waals surface area (Å²) in [4.78, 5) is 13.1. The molecule has 140 valence electrons. The number of ether oxygens (including phenoxy) is 1. The molecular formula is C21H20N6O. The molecule has 2 atom stereocenters. The fourth-order valence-corrected chi connectivity index (χ4v) is 4.14. The summed E-state index contributed by atoms with van der Waals surface area (Å²) in [5, 5.41) is 5.33. The minimum Gasteiger partial charge on any atom is -0.378 e. The molecular weight excluding hydrogens is 352 g/mol. The minimum atomic E-state index is 0.209. The van der Waals surface area contributed by atoms with Gasteiger partial charge in [-0.15, -0.1) is 0 Å². The Morgan fingerprint density at radius 2 is 2.25 bits per heavy atom. The zero-order chi connectivity index (χ0) is 19.1. The van der Waals surface area contributed by atoms with E-state index in [2.05, 4.69) is 26.4 Å². The van der Waals surface area contributed by atoms with Crippen LogP contribution in [0.25, 0.3) is 26.8 Å². The van der Waals surface area contributed by atoms with E-state index in [1.165, 1.54) is 0 Å². The molecule has 1 fully saturated rings. The molecule has 0 N–H and O–H groups in total. The normalized spacial score (nSPS) is 19.9. The number of imidazole rings is 1. The van der Waals surface area contributed by atoms with Crippen molar-refractivity contribution in [2.24, 2.45) is 0 Å². The summed E-state index contributed by atoms with van der Waals surface area (Å²) in [6.45, 7) is 10.8. The van der Waals surface area contributed by atoms with Crippen molar-refractivity contribution in [1.29, 1.82) is 0 Å². The Hall–Kier alpha value is -3.24. The van der Waals surface area contributed by atoms with Gasteiger partial charge in [0.15, 0.2) is 5.69 Å². The summed E-state index contributed by atoms with van der Waals surface area (Å²) < 4.78 is 10.0. The van der Waals surface area contributed by atoms with E-state index in [1.807, 2.05) is 41.3 Å². The zero-order valence-electron chi connectivity index (χ0n) is 15.6. The summed E-state index contributed by atoms with van der Waals surface area (Å²) in [7, 11) is 0. The van der Waals surface area contributed by atoms with E-state index < -0.39 is 0 Å². The summed E-state index contributed by atoms with van der Waals surface area (Å²) in [5.74, 6) is 0.959. The number of pyridine rings is 1. The maximum absolute atomic E-state index is 7.39. The maximum atomic E-state index is 7.39. The molecule has 3 aromatic heterocycles. The van der Waals surface area contributed by atoms with Crippen molar-refractivity contribution >= 4 is 27.6 Å². The van der Waals surface area contributed by atoms with Gasteiger partial charge >= 0.3 is 0 Å². The van der Waals surface area contributed by atoms with Gasteiger partial charge < -0.3 is 9.30 Å². The molecule has 5 rings (SSSR count). The van der Waals surface area contributed by atoms with E-state index in [1.54, 1.807) is 6.20 Å². The Bertz CT molecular complexity index is 1190. The van der Waals surface area contributed by atoms with E-state index in [4.69, 9.17) is 16.3 Å². The van der Waals surface area contributed by atoms with Crippen molar-refractivity contribution in [3.05, 3.63) is 60.1 Å². The second kappa shape index (κ2) is 6.73. The Morgan fingerprint density at radius 1 is 1.32 bits per heavy atom. The molecule has 1 aromatic carbocycles. The molecule has 0 spiro atoms. The number of nitrogens with zero attached hydrogens (tertiary/aromatic N) is 6. The third-order valence-electron chi connectivity index (χ3n) is 5.39. The molecule has 1 saturated heterocycles. The molecule has 0 bridgehead atoms. The lowest BCUT2D eigenvalue weighted by atomic mass is 10.0. The summed E-state index contributed by atoms with van der Waals surface area (Å²) >= 11 is 0. The van der Waals surface area contributed by atoms with Gasteiger partial charge in [-0.25, -0.2) is 9.83 Å². The third kappa shape index (κ3) is 2.83. The van der Waals surface area contributed by atoms with Gasteiger partial charge in [-0.1, -0.05) is 6.07 Å². The molecule has 0 unspecified atom stereocenters. The van der Waals surface area contributed by atoms with Crippen LogP contribution < -0.4 is 0 Å². The van der Waals surface area contributed by atoms with Crippen LogP contribution >= 0.6 is 0 Å². The highest BCUT2D eigenvalue weighted by Gasteiger charge is 2.26. The number of benzene rings is 1. The van der Waals surface area contributed by atoms with Crippen LogP contribution in [0.15, 0.2) is 42.9 Å². The number of hydrogen-bond donors (Lipinski definition) is 0. The van der Waals surface area contributed by atoms with Gasteiger partial charge in [-0.3, -0.25) is 9.67 Å². The minimum absolute atomic E-state index is 0.209. The fourth-order valence-electron chi connectivity index (χ4n) is 4.14. The van der Waals surface area contributed by atoms with E-state index in [0.717, 1.165) is 47.2 Å². The van der Waals surface area contributed by atoms with E-state index >= 15 is 0 Å². The van der Waals surface area contributed by atoms with E-state index in [0.29, 0.717) is 18.3 Å². The Balaban J connectivity index is 1.77. The summed E-state index contributed by atoms with van der Waals surface area (Å²) in [6, 6.07) is 7.87. The first-order valence-corrected chi connectivity index (χ1v) is 9.49. The van der Waals surface area contributed by atoms with Gasteiger partial charge in [-0.05, 0) is 38.0 Å². The molecule has 4 heterocycles. The first kappa shape index (κ1) is 16.9. The molecule has 0 saturated carbocycles. The molecule has 1 aliphatic rings. The quantitative estimate of drug-likeness (QED) is 0.508. The van der Waals surface area contributed by atoms with Crippen LogP contribution in [0.5, 0.6) is 0 Å². The molecule has 0 amide bonds. The average molecular weight is 372 g/mol. The Kier molecular flexibility index (Phi) is 4.06. The highest BCUT2D eigenvalue weighted by atomic mass is 16.5. The first-order valence-electron chi connectivity index (χ1n) is 9.49. The van der Waals surface area contributed by atoms with Crippen LogP contribution in [-0.2, 0) is 11.3 Å². The number of hydrogen-bond acceptors (Lipinski definition) is 4. The predicted octanol–water partition coefficient (Wildman–Crippen LogP) is 4.12. The van der Waals surface area contributed by atoms with Gasteiger partial charge in [0.1, 0.15) is 11.3 Å². The van der Waals surface area contributed by atoms with E-state index in [9.17, 15) is 0 Å². The topological polar surface area (TPSA) is 62.1 Å². The Morgan fingerprint density at radius 3 is 3.04 bits per heavy atom. The molecule has 0 aliphatic carbocycles. The van der Waals surface area contributed by atoms with Crippen molar-refractivity contribution in [3.8, 4) is 0 Å². The largest absolute Gasteiger partial charge is 0.378 e. The third-order valence-corrected chi connectivity index (χ3v) is 5.39. The zero-order valence-corrected chi connectivity index (χ0v) is 15.6. The second-order valence-corrected chi connectivity index (χ2v) is 7.27. The smallest absolute Gasteiger partial charge is 0.188 e. The molecule has 4 aromatic rings. The van der Waals surface area contributed by atoms with E-state index in [-0.39, 0.29) is 6.10 Å². The molecule has 7 heteroatoms. The number of rotatable bonds is 3. The van der Waals surface area contributed by atoms with Crippen LogP contribution in [0, 0.1) is 6.57 Å². The second-order valence-electron chi connectivity index (χ2n) is 7.27. The highest BCUT2D eigenvalue weighted by Crippen LogP contribution is 2.34. The number of aromatic nitrogens is 5. The predicted molar refractivity (Wildman–Crippen MR) is 106 cm³/mol. The van der Waals surface area contributed by atoms with Crippen molar-refractivity contribution < 1.29 is 4.74 Å². The van der Waals surface area contributed by atoms with Crippen molar-refractivity contribution in [2.75, 3.05) is 6.61 Å². The highest BCUT2D eigenvalue weighted by molar-refractivity contribution is 6.03. The van der Waals surface area contributed by atoms with Crippen molar-refractivity contribution in [3.63, 3.8) is 0 Å². The van der Waals surface area contributed by atoms with Gasteiger partial charge in [0, 0.05) is 30.4 Å². The lowest BCUT2D eigenvalue weighted by Gasteiger charge is -2.30. The van der Waals surface area contributed by atoms with Crippen LogP contribution in [0.1, 0.15) is 31.6 Å². The lowest BCUT2D eigenvalue weighted by Crippen LogP contribution is -2.27. The number of fused-ring (bicyclic) bond motifs is 3. The standard InChI is InChI=1S/C21H20N6O/c1-14-10-16(6-9-28-14)27-20(13-26-8-3-7-24-26)25-19-12-23-18-5-4-15(22-2)11-17(18)21(19)27/h3-5,7-8,11-12,14,16H,6,9-10,13H2,1H3/t14-,16-/m1/s1. The SMILES string of the molecule is [C-]#[N+]c1ccc2ncc3nc(Cn4cccn4)n([C@@H]4CCO[C@H](C)C4)c3c2c1. The van der Waals surface area contributed by atoms with Crippen LogP contribution in [0.4, 0.5) is 5.69 Å². The summed E-state index contributed by atoms with van der Waals surface area (Å²) in [6.07, 6.45) is 7.64. The molecule has 7 nitrogen and oxygen atoms in total. The summed E-state index contributed by atoms with van der Waals surface area (Å²) in [5.41, 5.74) is 3.41. The monoisotopic (exact) mass is 372 g/mol. The maximum Gasteiger partial charge on any atom is 0.188 e.